The maximum absolute atomic E-state index is 12.9. The highest BCUT2D eigenvalue weighted by molar-refractivity contribution is 5.71. The number of allylic oxidation sites excluding steroid dienone is 18. The second-order valence-electron chi connectivity index (χ2n) is 22.4. The minimum absolute atomic E-state index is 0.0869. The summed E-state index contributed by atoms with van der Waals surface area (Å²) < 4.78 is 16.9. The van der Waals surface area contributed by atoms with Gasteiger partial charge in [-0.2, -0.15) is 0 Å². The van der Waals surface area contributed by atoms with Gasteiger partial charge >= 0.3 is 17.9 Å². The van der Waals surface area contributed by atoms with Crippen LogP contribution in [-0.4, -0.2) is 37.2 Å². The topological polar surface area (TPSA) is 78.9 Å². The summed E-state index contributed by atoms with van der Waals surface area (Å²) >= 11 is 0. The Morgan fingerprint density at radius 2 is 0.487 bits per heavy atom. The van der Waals surface area contributed by atoms with E-state index in [1.165, 1.54) is 161 Å². The summed E-state index contributed by atoms with van der Waals surface area (Å²) in [6, 6.07) is 0. The van der Waals surface area contributed by atoms with E-state index in [1.807, 2.05) is 0 Å². The molecule has 80 heavy (non-hydrogen) atoms. The predicted octanol–water partition coefficient (Wildman–Crippen LogP) is 23.4. The molecule has 0 aromatic rings. The van der Waals surface area contributed by atoms with E-state index >= 15 is 0 Å². The van der Waals surface area contributed by atoms with Crippen molar-refractivity contribution in [2.75, 3.05) is 13.2 Å². The van der Waals surface area contributed by atoms with Crippen molar-refractivity contribution >= 4 is 17.9 Å². The molecule has 0 radical (unpaired) electrons. The van der Waals surface area contributed by atoms with Crippen LogP contribution in [0.5, 0.6) is 0 Å². The lowest BCUT2D eigenvalue weighted by Gasteiger charge is -2.18. The molecule has 1 unspecified atom stereocenters. The summed E-state index contributed by atoms with van der Waals surface area (Å²) in [4.78, 5) is 38.3. The Bertz CT molecular complexity index is 1610. The average Bonchev–Trinajstić information content (AvgIpc) is 3.46. The fraction of sp³-hybridized carbons (Fsp3) is 0.716. The van der Waals surface area contributed by atoms with Crippen molar-refractivity contribution in [3.8, 4) is 0 Å². The van der Waals surface area contributed by atoms with Gasteiger partial charge in [0.15, 0.2) is 6.10 Å². The standard InChI is InChI=1S/C74H126O6/c1-4-7-10-13-16-19-22-24-26-28-30-32-34-35-36-37-38-39-41-42-44-46-48-50-52-55-58-61-64-67-73(76)79-70-71(69-78-72(75)66-63-60-57-54-21-18-15-12-9-6-3)80-74(77)68-65-62-59-56-53-51-49-47-45-43-40-33-31-29-27-25-23-20-17-14-11-8-5-2/h8,11,17,20,22,24-25,27-28,30-31,33-35,43,45,49,51,71H,4-7,9-10,12-16,18-19,21,23,26,29,32,36-42,44,46-48,50,52-70H2,1-3H3/b11-8-,20-17-,24-22-,27-25-,30-28-,33-31-,35-34-,45-43-,51-49-. The van der Waals surface area contributed by atoms with Gasteiger partial charge in [0.25, 0.3) is 0 Å². The van der Waals surface area contributed by atoms with Gasteiger partial charge in [0.05, 0.1) is 0 Å². The molecule has 6 nitrogen and oxygen atoms in total. The summed E-state index contributed by atoms with van der Waals surface area (Å²) in [5, 5.41) is 0. The van der Waals surface area contributed by atoms with Gasteiger partial charge < -0.3 is 14.2 Å². The molecule has 0 amide bonds. The SMILES string of the molecule is CC/C=C\C/C=C\C/C=C\C/C=C\C/C=C\C/C=C\CCCCCCC(=O)OC(COC(=O)CCCCCCCCCCCC)COC(=O)CCCCCCCCCCCCCCCC/C=C\C/C=C\C/C=C\CCCCCCC. The molecule has 0 aromatic carbocycles. The first-order valence-electron chi connectivity index (χ1n) is 33.9. The van der Waals surface area contributed by atoms with Gasteiger partial charge in [-0.05, 0) is 109 Å². The van der Waals surface area contributed by atoms with Crippen LogP contribution in [0.2, 0.25) is 0 Å². The Labute approximate surface area is 495 Å². The van der Waals surface area contributed by atoms with E-state index in [2.05, 4.69) is 130 Å². The van der Waals surface area contributed by atoms with E-state index in [0.717, 1.165) is 122 Å². The molecule has 0 aliphatic rings. The second kappa shape index (κ2) is 67.6. The van der Waals surface area contributed by atoms with Crippen molar-refractivity contribution in [2.45, 2.75) is 329 Å². The summed E-state index contributed by atoms with van der Waals surface area (Å²) in [5.41, 5.74) is 0. The summed E-state index contributed by atoms with van der Waals surface area (Å²) in [6.07, 6.45) is 92.5. The highest BCUT2D eigenvalue weighted by atomic mass is 16.6. The number of esters is 3. The van der Waals surface area contributed by atoms with Crippen LogP contribution in [0, 0.1) is 0 Å². The molecular formula is C74H126O6. The molecule has 0 saturated carbocycles. The van der Waals surface area contributed by atoms with Gasteiger partial charge in [0.1, 0.15) is 13.2 Å². The van der Waals surface area contributed by atoms with Gasteiger partial charge in [-0.1, -0.05) is 304 Å². The number of unbranched alkanes of at least 4 members (excludes halogenated alkanes) is 32. The molecular weight excluding hydrogens is 985 g/mol. The van der Waals surface area contributed by atoms with Crippen molar-refractivity contribution in [3.63, 3.8) is 0 Å². The normalized spacial score (nSPS) is 12.8. The minimum atomic E-state index is -0.792. The third kappa shape index (κ3) is 64.9. The first kappa shape index (κ1) is 76.1. The number of carbonyl (C=O) groups is 3. The highest BCUT2D eigenvalue weighted by Gasteiger charge is 2.19. The lowest BCUT2D eigenvalue weighted by Crippen LogP contribution is -2.30. The van der Waals surface area contributed by atoms with Crippen molar-refractivity contribution in [3.05, 3.63) is 109 Å². The molecule has 0 fully saturated rings. The first-order valence-corrected chi connectivity index (χ1v) is 33.9. The maximum atomic E-state index is 12.9. The molecule has 0 N–H and O–H groups in total. The van der Waals surface area contributed by atoms with Crippen LogP contribution in [0.1, 0.15) is 323 Å². The monoisotopic (exact) mass is 1110 g/mol. The Balaban J connectivity index is 4.25. The fourth-order valence-electron chi connectivity index (χ4n) is 9.45. The largest absolute Gasteiger partial charge is 0.462 e. The zero-order chi connectivity index (χ0) is 57.8. The molecule has 0 saturated heterocycles. The quantitative estimate of drug-likeness (QED) is 0.0261. The maximum Gasteiger partial charge on any atom is 0.306 e. The predicted molar refractivity (Wildman–Crippen MR) is 348 cm³/mol. The number of carbonyl (C=O) groups excluding carboxylic acids is 3. The zero-order valence-corrected chi connectivity index (χ0v) is 52.6. The lowest BCUT2D eigenvalue weighted by molar-refractivity contribution is -0.167. The van der Waals surface area contributed by atoms with Crippen molar-refractivity contribution in [2.24, 2.45) is 0 Å². The fourth-order valence-corrected chi connectivity index (χ4v) is 9.45. The van der Waals surface area contributed by atoms with E-state index in [9.17, 15) is 14.4 Å². The Morgan fingerprint density at radius 1 is 0.263 bits per heavy atom. The van der Waals surface area contributed by atoms with E-state index in [-0.39, 0.29) is 31.1 Å². The Hall–Kier alpha value is -3.93. The van der Waals surface area contributed by atoms with Crippen LogP contribution in [0.3, 0.4) is 0 Å². The summed E-state index contributed by atoms with van der Waals surface area (Å²) in [6.45, 7) is 6.50. The number of rotatable bonds is 61. The zero-order valence-electron chi connectivity index (χ0n) is 52.6. The molecule has 6 heteroatoms. The molecule has 0 spiro atoms. The second-order valence-corrected chi connectivity index (χ2v) is 22.4. The molecule has 0 aromatic heterocycles. The van der Waals surface area contributed by atoms with Crippen LogP contribution in [0.25, 0.3) is 0 Å². The Morgan fingerprint density at radius 3 is 0.762 bits per heavy atom. The van der Waals surface area contributed by atoms with Gasteiger partial charge in [0.2, 0.25) is 0 Å². The number of hydrogen-bond acceptors (Lipinski definition) is 6. The van der Waals surface area contributed by atoms with Gasteiger partial charge in [-0.15, -0.1) is 0 Å². The first-order chi connectivity index (χ1) is 39.5. The Kier molecular flexibility index (Phi) is 64.3. The van der Waals surface area contributed by atoms with Crippen LogP contribution < -0.4 is 0 Å². The molecule has 1 atom stereocenters. The summed E-state index contributed by atoms with van der Waals surface area (Å²) in [5.74, 6) is -0.905. The third-order valence-electron chi connectivity index (χ3n) is 14.5. The average molecular weight is 1110 g/mol. The molecule has 458 valence electrons. The van der Waals surface area contributed by atoms with E-state index in [4.69, 9.17) is 14.2 Å². The molecule has 0 aliphatic heterocycles. The van der Waals surface area contributed by atoms with Crippen LogP contribution in [-0.2, 0) is 28.6 Å². The van der Waals surface area contributed by atoms with E-state index in [0.29, 0.717) is 19.3 Å². The van der Waals surface area contributed by atoms with Crippen LogP contribution >= 0.6 is 0 Å². The van der Waals surface area contributed by atoms with Crippen LogP contribution in [0.4, 0.5) is 0 Å². The highest BCUT2D eigenvalue weighted by Crippen LogP contribution is 2.16. The molecule has 0 rings (SSSR count). The van der Waals surface area contributed by atoms with Crippen LogP contribution in [0.15, 0.2) is 109 Å². The lowest BCUT2D eigenvalue weighted by atomic mass is 10.0. The van der Waals surface area contributed by atoms with E-state index < -0.39 is 6.10 Å². The van der Waals surface area contributed by atoms with Crippen molar-refractivity contribution in [1.82, 2.24) is 0 Å². The number of ether oxygens (including phenoxy) is 3. The van der Waals surface area contributed by atoms with Crippen molar-refractivity contribution < 1.29 is 28.6 Å². The summed E-state index contributed by atoms with van der Waals surface area (Å²) in [7, 11) is 0. The van der Waals surface area contributed by atoms with Gasteiger partial charge in [0, 0.05) is 19.3 Å². The van der Waals surface area contributed by atoms with Crippen molar-refractivity contribution in [1.29, 1.82) is 0 Å². The molecule has 0 bridgehead atoms. The smallest absolute Gasteiger partial charge is 0.306 e. The number of hydrogen-bond donors (Lipinski definition) is 0. The third-order valence-corrected chi connectivity index (χ3v) is 14.5. The van der Waals surface area contributed by atoms with Gasteiger partial charge in [-0.25, -0.2) is 0 Å². The molecule has 0 aliphatic carbocycles. The molecule has 0 heterocycles. The van der Waals surface area contributed by atoms with E-state index in [1.54, 1.807) is 0 Å². The minimum Gasteiger partial charge on any atom is -0.462 e. The van der Waals surface area contributed by atoms with Gasteiger partial charge in [-0.3, -0.25) is 14.4 Å².